The zero-order chi connectivity index (χ0) is 40.7. The molecule has 1 aliphatic rings. The molecular weight excluding hydrogens is 731 g/mol. The number of carbonyl (C=O) groups excluding carboxylic acids is 1. The van der Waals surface area contributed by atoms with Crippen LogP contribution in [0.15, 0.2) is 0 Å². The van der Waals surface area contributed by atoms with Crippen LogP contribution in [-0.2, 0) is 28.9 Å². The predicted molar refractivity (Wildman–Crippen MR) is 215 cm³/mol. The molecule has 1 saturated heterocycles. The Bertz CT molecular complexity index is 1020. The van der Waals surface area contributed by atoms with Gasteiger partial charge in [0.15, 0.2) is 6.29 Å². The summed E-state index contributed by atoms with van der Waals surface area (Å²) >= 11 is 0. The molecule has 0 aromatic heterocycles. The quantitative estimate of drug-likeness (QED) is 0.0255. The van der Waals surface area contributed by atoms with E-state index < -0.39 is 78.5 Å². The molecule has 0 spiro atoms. The molecule has 0 aromatic rings. The lowest BCUT2D eigenvalue weighted by molar-refractivity contribution is -0.298. The van der Waals surface area contributed by atoms with E-state index in [0.29, 0.717) is 19.3 Å². The summed E-state index contributed by atoms with van der Waals surface area (Å²) in [5.74, 6) is -0.672. The van der Waals surface area contributed by atoms with Gasteiger partial charge in [0.05, 0.1) is 25.4 Å². The van der Waals surface area contributed by atoms with Gasteiger partial charge in [-0.15, -0.1) is 0 Å². The second kappa shape index (κ2) is 33.0. The molecule has 1 fully saturated rings. The molecule has 14 heteroatoms. The third-order valence-corrected chi connectivity index (χ3v) is 11.2. The van der Waals surface area contributed by atoms with Gasteiger partial charge >= 0.3 is 10.4 Å². The van der Waals surface area contributed by atoms with Crippen molar-refractivity contribution in [1.29, 1.82) is 0 Å². The number of unbranched alkanes of at least 4 members (excludes halogenated alkanes) is 24. The van der Waals surface area contributed by atoms with Crippen LogP contribution in [0.25, 0.3) is 0 Å². The lowest BCUT2D eigenvalue weighted by atomic mass is 9.99. The number of amides is 1. The summed E-state index contributed by atoms with van der Waals surface area (Å²) in [6.07, 6.45) is 20.3. The van der Waals surface area contributed by atoms with Crippen LogP contribution in [0.5, 0.6) is 0 Å². The van der Waals surface area contributed by atoms with E-state index in [9.17, 15) is 38.7 Å². The average molecular weight is 812 g/mol. The van der Waals surface area contributed by atoms with E-state index in [2.05, 4.69) is 23.3 Å². The normalized spacial score (nSPS) is 22.1. The number of nitrogens with one attached hydrogen (secondary N) is 1. The number of hydrogen-bond donors (Lipinski definition) is 7. The fraction of sp³-hybridized carbons (Fsp3) is 0.976. The number of carbonyl (C=O) groups is 1. The van der Waals surface area contributed by atoms with Gasteiger partial charge in [-0.3, -0.25) is 9.35 Å². The van der Waals surface area contributed by atoms with E-state index in [1.807, 2.05) is 0 Å². The van der Waals surface area contributed by atoms with E-state index in [1.165, 1.54) is 116 Å². The van der Waals surface area contributed by atoms with Gasteiger partial charge in [-0.25, -0.2) is 4.18 Å². The van der Waals surface area contributed by atoms with Crippen LogP contribution in [0.4, 0.5) is 0 Å². The Kier molecular flexibility index (Phi) is 31.2. The molecule has 328 valence electrons. The Morgan fingerprint density at radius 3 is 1.45 bits per heavy atom. The Morgan fingerprint density at radius 1 is 0.655 bits per heavy atom. The fourth-order valence-corrected chi connectivity index (χ4v) is 7.74. The summed E-state index contributed by atoms with van der Waals surface area (Å²) < 4.78 is 47.4. The number of ether oxygens (including phenoxy) is 2. The van der Waals surface area contributed by atoms with Crippen molar-refractivity contribution in [3.8, 4) is 0 Å². The molecule has 8 atom stereocenters. The Hall–Kier alpha value is -0.940. The summed E-state index contributed by atoms with van der Waals surface area (Å²) in [6.45, 7) is 3.23. The lowest BCUT2D eigenvalue weighted by Gasteiger charge is -2.41. The maximum absolute atomic E-state index is 13.0. The maximum atomic E-state index is 13.0. The van der Waals surface area contributed by atoms with Crippen molar-refractivity contribution in [1.82, 2.24) is 5.32 Å². The van der Waals surface area contributed by atoms with Gasteiger partial charge in [0, 0.05) is 0 Å². The van der Waals surface area contributed by atoms with Crippen LogP contribution in [0.2, 0.25) is 0 Å². The van der Waals surface area contributed by atoms with Crippen LogP contribution in [-0.4, -0.2) is 107 Å². The topological polar surface area (TPSA) is 212 Å². The van der Waals surface area contributed by atoms with Crippen molar-refractivity contribution in [2.45, 2.75) is 243 Å². The summed E-state index contributed by atoms with van der Waals surface area (Å²) in [4.78, 5) is 13.0. The zero-order valence-electron chi connectivity index (χ0n) is 34.4. The van der Waals surface area contributed by atoms with Crippen molar-refractivity contribution in [2.24, 2.45) is 0 Å². The Morgan fingerprint density at radius 2 is 1.05 bits per heavy atom. The van der Waals surface area contributed by atoms with Crippen molar-refractivity contribution in [2.75, 3.05) is 13.2 Å². The monoisotopic (exact) mass is 812 g/mol. The highest BCUT2D eigenvalue weighted by Gasteiger charge is 2.48. The van der Waals surface area contributed by atoms with E-state index in [-0.39, 0.29) is 6.42 Å². The first kappa shape index (κ1) is 52.1. The van der Waals surface area contributed by atoms with E-state index in [4.69, 9.17) is 14.0 Å². The molecule has 1 amide bonds. The van der Waals surface area contributed by atoms with E-state index >= 15 is 0 Å². The van der Waals surface area contributed by atoms with Gasteiger partial charge in [-0.05, 0) is 12.8 Å². The molecule has 0 saturated carbocycles. The van der Waals surface area contributed by atoms with E-state index in [1.54, 1.807) is 0 Å². The molecule has 1 aliphatic heterocycles. The van der Waals surface area contributed by atoms with Gasteiger partial charge in [-0.1, -0.05) is 181 Å². The summed E-state index contributed by atoms with van der Waals surface area (Å²) in [5, 5.41) is 55.1. The highest BCUT2D eigenvalue weighted by molar-refractivity contribution is 7.80. The molecule has 0 radical (unpaired) electrons. The first-order valence-electron chi connectivity index (χ1n) is 22.0. The molecule has 1 heterocycles. The van der Waals surface area contributed by atoms with Gasteiger partial charge in [-0.2, -0.15) is 8.42 Å². The molecule has 0 aliphatic carbocycles. The predicted octanol–water partition coefficient (Wildman–Crippen LogP) is 6.80. The molecule has 0 aromatic carbocycles. The van der Waals surface area contributed by atoms with Gasteiger partial charge < -0.3 is 40.3 Å². The molecular formula is C41H81NO12S. The van der Waals surface area contributed by atoms with Crippen molar-refractivity contribution in [3.05, 3.63) is 0 Å². The fourth-order valence-electron chi connectivity index (χ4n) is 7.23. The lowest BCUT2D eigenvalue weighted by Crippen LogP contribution is -2.61. The van der Waals surface area contributed by atoms with Crippen LogP contribution in [0.3, 0.4) is 0 Å². The minimum Gasteiger partial charge on any atom is -0.394 e. The van der Waals surface area contributed by atoms with Crippen LogP contribution < -0.4 is 5.32 Å². The smallest absolute Gasteiger partial charge is 0.394 e. The van der Waals surface area contributed by atoms with Crippen LogP contribution >= 0.6 is 0 Å². The molecule has 55 heavy (non-hydrogen) atoms. The first-order chi connectivity index (χ1) is 26.4. The van der Waals surface area contributed by atoms with Gasteiger partial charge in [0.2, 0.25) is 5.91 Å². The first-order valence-corrected chi connectivity index (χ1v) is 23.4. The minimum absolute atomic E-state index is 0.263. The number of aliphatic hydroxyl groups is 5. The second-order valence-electron chi connectivity index (χ2n) is 15.8. The van der Waals surface area contributed by atoms with Gasteiger partial charge in [0.25, 0.3) is 0 Å². The molecule has 0 bridgehead atoms. The third-order valence-electron chi connectivity index (χ3n) is 10.8. The highest BCUT2D eigenvalue weighted by Crippen LogP contribution is 2.26. The Labute approximate surface area is 333 Å². The largest absolute Gasteiger partial charge is 0.397 e. The van der Waals surface area contributed by atoms with Crippen molar-refractivity contribution in [3.63, 3.8) is 0 Å². The zero-order valence-corrected chi connectivity index (χ0v) is 35.2. The summed E-state index contributed by atoms with van der Waals surface area (Å²) in [5.41, 5.74) is 0. The average Bonchev–Trinajstić information content (AvgIpc) is 3.15. The maximum Gasteiger partial charge on any atom is 0.397 e. The van der Waals surface area contributed by atoms with Crippen molar-refractivity contribution >= 4 is 16.3 Å². The van der Waals surface area contributed by atoms with Crippen LogP contribution in [0, 0.1) is 0 Å². The molecule has 7 N–H and O–H groups in total. The molecule has 1 rings (SSSR count). The summed E-state index contributed by atoms with van der Waals surface area (Å²) in [7, 11) is -5.10. The molecule has 13 nitrogen and oxygen atoms in total. The summed E-state index contributed by atoms with van der Waals surface area (Å²) in [6, 6.07) is -1.03. The SMILES string of the molecule is CCCCCCCCCCCCCCCCCCCCC(O)C(COC1OC(CO)C(O)C(OS(=O)(=O)O)C1O)NC(=O)C(O)CCCCCCCCCC. The van der Waals surface area contributed by atoms with Gasteiger partial charge in [0.1, 0.15) is 30.5 Å². The second-order valence-corrected chi connectivity index (χ2v) is 16.8. The third kappa shape index (κ3) is 25.9. The minimum atomic E-state index is -5.10. The standard InChI is InChI=1S/C41H81NO12S/c1-3-5-7-9-11-13-14-15-16-17-18-19-20-21-22-24-25-27-29-34(44)33(42-40(48)35(45)30-28-26-23-12-10-8-6-4-2)32-52-41-38(47)39(54-55(49,50)51)37(46)36(31-43)53-41/h33-39,41,43-47H,3-32H2,1-2H3,(H,42,48)(H,49,50,51). The molecule has 8 unspecified atom stereocenters. The van der Waals surface area contributed by atoms with Crippen molar-refractivity contribution < 1.29 is 57.0 Å². The number of hydrogen-bond acceptors (Lipinski definition) is 11. The number of rotatable bonds is 37. The van der Waals surface area contributed by atoms with E-state index in [0.717, 1.165) is 38.5 Å². The Balaban J connectivity index is 2.54. The number of aliphatic hydroxyl groups excluding tert-OH is 5. The van der Waals surface area contributed by atoms with Crippen LogP contribution in [0.1, 0.15) is 194 Å². The highest BCUT2D eigenvalue weighted by atomic mass is 32.3.